The lowest BCUT2D eigenvalue weighted by Gasteiger charge is -2.27. The summed E-state index contributed by atoms with van der Waals surface area (Å²) in [5, 5.41) is 6.31. The molecule has 0 aromatic heterocycles. The quantitative estimate of drug-likeness (QED) is 0.277. The summed E-state index contributed by atoms with van der Waals surface area (Å²) in [5.74, 6) is 1.54. The van der Waals surface area contributed by atoms with Crippen LogP contribution in [0.2, 0.25) is 0 Å². The van der Waals surface area contributed by atoms with E-state index in [0.717, 1.165) is 37.2 Å². The highest BCUT2D eigenvalue weighted by Gasteiger charge is 2.16. The molecular formula is C19H29IN4O2. The molecule has 1 fully saturated rings. The van der Waals surface area contributed by atoms with E-state index in [1.54, 1.807) is 13.1 Å². The topological polar surface area (TPSA) is 66.0 Å². The summed E-state index contributed by atoms with van der Waals surface area (Å²) in [5.41, 5.74) is 1.02. The van der Waals surface area contributed by atoms with Crippen LogP contribution in [-0.4, -0.2) is 50.1 Å². The van der Waals surface area contributed by atoms with Crippen molar-refractivity contribution >= 4 is 35.8 Å². The maximum absolute atomic E-state index is 12.2. The number of nitrogens with zero attached hydrogens (tertiary/aromatic N) is 2. The molecule has 1 aliphatic heterocycles. The van der Waals surface area contributed by atoms with Crippen molar-refractivity contribution in [1.82, 2.24) is 15.5 Å². The molecule has 2 N–H and O–H groups in total. The van der Waals surface area contributed by atoms with Crippen molar-refractivity contribution in [1.29, 1.82) is 0 Å². The predicted molar refractivity (Wildman–Crippen MR) is 116 cm³/mol. The summed E-state index contributed by atoms with van der Waals surface area (Å²) in [4.78, 5) is 18.3. The van der Waals surface area contributed by atoms with E-state index < -0.39 is 0 Å². The number of guanidine groups is 1. The van der Waals surface area contributed by atoms with Crippen molar-refractivity contribution in [2.24, 2.45) is 4.99 Å². The van der Waals surface area contributed by atoms with Gasteiger partial charge in [0.25, 0.3) is 0 Å². The lowest BCUT2D eigenvalue weighted by atomic mass is 10.1. The number of amides is 1. The Bertz CT molecular complexity index is 601. The smallest absolute Gasteiger partial charge is 0.241 e. The number of benzene rings is 1. The second kappa shape index (κ2) is 12.6. The molecule has 0 atom stereocenters. The molecule has 2 rings (SSSR count). The second-order valence-electron chi connectivity index (χ2n) is 5.93. The van der Waals surface area contributed by atoms with Crippen LogP contribution >= 0.6 is 24.0 Å². The number of ether oxygens (including phenoxy) is 1. The largest absolute Gasteiger partial charge is 0.489 e. The standard InChI is InChI=1S/C19H28N4O2.HI/c1-3-13-25-17-10-6-5-9-16(17)14-21-19(20-2)22-15-18(24)23-11-7-4-8-12-23;/h3,5-6,9-10H,1,4,7-8,11-15H2,2H3,(H2,20,21,22);1H. The van der Waals surface area contributed by atoms with Crippen LogP contribution < -0.4 is 15.4 Å². The van der Waals surface area contributed by atoms with Gasteiger partial charge in [-0.05, 0) is 25.3 Å². The second-order valence-corrected chi connectivity index (χ2v) is 5.93. The zero-order valence-corrected chi connectivity index (χ0v) is 17.7. The summed E-state index contributed by atoms with van der Waals surface area (Å²) in [6, 6.07) is 7.83. The van der Waals surface area contributed by atoms with Crippen LogP contribution in [0.25, 0.3) is 0 Å². The van der Waals surface area contributed by atoms with E-state index >= 15 is 0 Å². The number of likely N-dealkylation sites (tertiary alicyclic amines) is 1. The van der Waals surface area contributed by atoms with Crippen LogP contribution in [0.5, 0.6) is 5.75 Å². The predicted octanol–water partition coefficient (Wildman–Crippen LogP) is 2.55. The Hall–Kier alpha value is -1.77. The van der Waals surface area contributed by atoms with E-state index in [1.165, 1.54) is 6.42 Å². The van der Waals surface area contributed by atoms with Gasteiger partial charge in [-0.3, -0.25) is 9.79 Å². The fourth-order valence-corrected chi connectivity index (χ4v) is 2.75. The van der Waals surface area contributed by atoms with Crippen LogP contribution in [0.3, 0.4) is 0 Å². The maximum Gasteiger partial charge on any atom is 0.241 e. The molecule has 1 amide bonds. The summed E-state index contributed by atoms with van der Waals surface area (Å²) >= 11 is 0. The molecule has 1 aromatic rings. The molecule has 1 aromatic carbocycles. The SMILES string of the molecule is C=CCOc1ccccc1CNC(=NC)NCC(=O)N1CCCCC1.I. The van der Waals surface area contributed by atoms with Crippen molar-refractivity contribution in [3.8, 4) is 5.75 Å². The number of carbonyl (C=O) groups is 1. The lowest BCUT2D eigenvalue weighted by molar-refractivity contribution is -0.130. The summed E-state index contributed by atoms with van der Waals surface area (Å²) < 4.78 is 5.65. The van der Waals surface area contributed by atoms with Gasteiger partial charge >= 0.3 is 0 Å². The first-order valence-corrected chi connectivity index (χ1v) is 8.78. The number of aliphatic imine (C=N–C) groups is 1. The number of nitrogens with one attached hydrogen (secondary N) is 2. The fraction of sp³-hybridized carbons (Fsp3) is 0.474. The Morgan fingerprint density at radius 2 is 2.00 bits per heavy atom. The van der Waals surface area contributed by atoms with Crippen molar-refractivity contribution in [2.75, 3.05) is 33.3 Å². The van der Waals surface area contributed by atoms with E-state index in [-0.39, 0.29) is 36.4 Å². The van der Waals surface area contributed by atoms with Crippen LogP contribution in [0, 0.1) is 0 Å². The molecule has 0 bridgehead atoms. The summed E-state index contributed by atoms with van der Waals surface area (Å²) in [6.45, 7) is 6.68. The molecule has 1 heterocycles. The molecular weight excluding hydrogens is 443 g/mol. The van der Waals surface area contributed by atoms with Crippen LogP contribution in [0.1, 0.15) is 24.8 Å². The third-order valence-electron chi connectivity index (χ3n) is 4.12. The molecule has 0 unspecified atom stereocenters. The highest BCUT2D eigenvalue weighted by Crippen LogP contribution is 2.17. The molecule has 1 aliphatic rings. The van der Waals surface area contributed by atoms with Crippen molar-refractivity contribution in [3.05, 3.63) is 42.5 Å². The number of halogens is 1. The van der Waals surface area contributed by atoms with Gasteiger partial charge in [-0.25, -0.2) is 0 Å². The number of piperidine rings is 1. The Balaban J connectivity index is 0.00000338. The zero-order valence-electron chi connectivity index (χ0n) is 15.4. The van der Waals surface area contributed by atoms with E-state index in [1.807, 2.05) is 29.2 Å². The fourth-order valence-electron chi connectivity index (χ4n) is 2.75. The number of carbonyl (C=O) groups excluding carboxylic acids is 1. The Labute approximate surface area is 173 Å². The van der Waals surface area contributed by atoms with Gasteiger partial charge in [0.05, 0.1) is 6.54 Å². The lowest BCUT2D eigenvalue weighted by Crippen LogP contribution is -2.45. The molecule has 0 saturated carbocycles. The number of hydrogen-bond acceptors (Lipinski definition) is 3. The van der Waals surface area contributed by atoms with Gasteiger partial charge in [0.15, 0.2) is 5.96 Å². The van der Waals surface area contributed by atoms with E-state index in [9.17, 15) is 4.79 Å². The average Bonchev–Trinajstić information content (AvgIpc) is 2.67. The van der Waals surface area contributed by atoms with Crippen LogP contribution in [0.15, 0.2) is 41.9 Å². The third kappa shape index (κ3) is 7.23. The van der Waals surface area contributed by atoms with Gasteiger partial charge in [0.2, 0.25) is 5.91 Å². The molecule has 6 nitrogen and oxygen atoms in total. The van der Waals surface area contributed by atoms with Crippen LogP contribution in [0.4, 0.5) is 0 Å². The highest BCUT2D eigenvalue weighted by molar-refractivity contribution is 14.0. The molecule has 1 saturated heterocycles. The van der Waals surface area contributed by atoms with Gasteiger partial charge in [-0.1, -0.05) is 30.9 Å². The number of para-hydroxylation sites is 1. The van der Waals surface area contributed by atoms with Crippen molar-refractivity contribution < 1.29 is 9.53 Å². The zero-order chi connectivity index (χ0) is 17.9. The molecule has 144 valence electrons. The van der Waals surface area contributed by atoms with Crippen molar-refractivity contribution in [2.45, 2.75) is 25.8 Å². The molecule has 26 heavy (non-hydrogen) atoms. The molecule has 0 aliphatic carbocycles. The van der Waals surface area contributed by atoms with Gasteiger partial charge in [-0.15, -0.1) is 24.0 Å². The van der Waals surface area contributed by atoms with Gasteiger partial charge in [0, 0.05) is 32.2 Å². The van der Waals surface area contributed by atoms with E-state index in [2.05, 4.69) is 22.2 Å². The Morgan fingerprint density at radius 1 is 1.27 bits per heavy atom. The third-order valence-corrected chi connectivity index (χ3v) is 4.12. The summed E-state index contributed by atoms with van der Waals surface area (Å²) in [6.07, 6.45) is 5.13. The van der Waals surface area contributed by atoms with Gasteiger partial charge < -0.3 is 20.3 Å². The minimum atomic E-state index is 0. The normalized spacial score (nSPS) is 14.2. The minimum Gasteiger partial charge on any atom is -0.489 e. The van der Waals surface area contributed by atoms with Crippen molar-refractivity contribution in [3.63, 3.8) is 0 Å². The number of hydrogen-bond donors (Lipinski definition) is 2. The average molecular weight is 472 g/mol. The molecule has 0 spiro atoms. The first-order valence-electron chi connectivity index (χ1n) is 8.78. The molecule has 7 heteroatoms. The Kier molecular flexibility index (Phi) is 10.8. The maximum atomic E-state index is 12.2. The van der Waals surface area contributed by atoms with Gasteiger partial charge in [-0.2, -0.15) is 0 Å². The first kappa shape index (κ1) is 22.3. The van der Waals surface area contributed by atoms with Gasteiger partial charge in [0.1, 0.15) is 12.4 Å². The van der Waals surface area contributed by atoms with Crippen LogP contribution in [-0.2, 0) is 11.3 Å². The number of rotatable bonds is 7. The minimum absolute atomic E-state index is 0. The van der Waals surface area contributed by atoms with E-state index in [0.29, 0.717) is 19.1 Å². The molecule has 0 radical (unpaired) electrons. The monoisotopic (exact) mass is 472 g/mol. The van der Waals surface area contributed by atoms with E-state index in [4.69, 9.17) is 4.74 Å². The first-order chi connectivity index (χ1) is 12.2. The summed E-state index contributed by atoms with van der Waals surface area (Å²) in [7, 11) is 1.70. The highest BCUT2D eigenvalue weighted by atomic mass is 127. The Morgan fingerprint density at radius 3 is 2.69 bits per heavy atom.